The average Bonchev–Trinajstić information content (AvgIpc) is 2.36. The van der Waals surface area contributed by atoms with E-state index >= 15 is 0 Å². The Morgan fingerprint density at radius 3 is 2.20 bits per heavy atom. The molecule has 0 radical (unpaired) electrons. The third-order valence-electron chi connectivity index (χ3n) is 2.75. The molecule has 20 heavy (non-hydrogen) atoms. The fraction of sp³-hybridized carbons (Fsp3) is 0.500. The maximum absolute atomic E-state index is 12.4. The van der Waals surface area contributed by atoms with Crippen LogP contribution in [0.1, 0.15) is 25.8 Å². The lowest BCUT2D eigenvalue weighted by molar-refractivity contribution is -0.142. The molecule has 0 saturated carbocycles. The number of anilines is 1. The van der Waals surface area contributed by atoms with Gasteiger partial charge < -0.3 is 10.1 Å². The molecule has 0 aliphatic rings. The average molecular weight is 289 g/mol. The van der Waals surface area contributed by atoms with Gasteiger partial charge in [-0.25, -0.2) is 4.79 Å². The van der Waals surface area contributed by atoms with Gasteiger partial charge >= 0.3 is 12.1 Å². The van der Waals surface area contributed by atoms with E-state index < -0.39 is 23.8 Å². The van der Waals surface area contributed by atoms with Gasteiger partial charge in [0.1, 0.15) is 6.04 Å². The molecule has 3 nitrogen and oxygen atoms in total. The van der Waals surface area contributed by atoms with Gasteiger partial charge in [0, 0.05) is 5.69 Å². The number of hydrogen-bond acceptors (Lipinski definition) is 3. The number of halogens is 3. The highest BCUT2D eigenvalue weighted by Crippen LogP contribution is 2.30. The molecule has 1 N–H and O–H groups in total. The second kappa shape index (κ2) is 6.63. The lowest BCUT2D eigenvalue weighted by atomic mass is 10.0. The maximum atomic E-state index is 12.4. The molecular formula is C14H18F3NO2. The first-order valence-electron chi connectivity index (χ1n) is 6.25. The molecule has 1 aromatic carbocycles. The van der Waals surface area contributed by atoms with E-state index in [0.717, 1.165) is 12.1 Å². The standard InChI is InChI=1S/C14H18F3NO2/c1-9(2)8-12(13(19)20-3)18-11-6-4-10(5-7-11)14(15,16)17/h4-7,9,12,18H,8H2,1-3H3. The van der Waals surface area contributed by atoms with Gasteiger partial charge in [0.15, 0.2) is 0 Å². The molecule has 0 saturated heterocycles. The minimum atomic E-state index is -4.36. The molecule has 1 aromatic rings. The quantitative estimate of drug-likeness (QED) is 0.840. The van der Waals surface area contributed by atoms with Gasteiger partial charge in [0.25, 0.3) is 0 Å². The fourth-order valence-corrected chi connectivity index (χ4v) is 1.78. The van der Waals surface area contributed by atoms with Crippen LogP contribution in [0.3, 0.4) is 0 Å². The van der Waals surface area contributed by atoms with Crippen LogP contribution in [0.15, 0.2) is 24.3 Å². The summed E-state index contributed by atoms with van der Waals surface area (Å²) in [5.41, 5.74) is -0.268. The first-order valence-corrected chi connectivity index (χ1v) is 6.25. The van der Waals surface area contributed by atoms with E-state index in [4.69, 9.17) is 0 Å². The summed E-state index contributed by atoms with van der Waals surface area (Å²) in [6, 6.07) is 3.99. The number of benzene rings is 1. The van der Waals surface area contributed by atoms with Crippen molar-refractivity contribution in [1.82, 2.24) is 0 Å². The molecule has 0 aliphatic carbocycles. The number of ether oxygens (including phenoxy) is 1. The molecule has 0 aromatic heterocycles. The number of methoxy groups -OCH3 is 1. The van der Waals surface area contributed by atoms with E-state index in [0.29, 0.717) is 12.1 Å². The zero-order chi connectivity index (χ0) is 15.3. The first kappa shape index (κ1) is 16.3. The second-order valence-corrected chi connectivity index (χ2v) is 4.92. The summed E-state index contributed by atoms with van der Waals surface area (Å²) >= 11 is 0. The van der Waals surface area contributed by atoms with E-state index in [9.17, 15) is 18.0 Å². The summed E-state index contributed by atoms with van der Waals surface area (Å²) in [5.74, 6) is -0.181. The van der Waals surface area contributed by atoms with E-state index in [1.807, 2.05) is 13.8 Å². The van der Waals surface area contributed by atoms with Gasteiger partial charge in [0.2, 0.25) is 0 Å². The van der Waals surface area contributed by atoms with Gasteiger partial charge in [-0.2, -0.15) is 13.2 Å². The van der Waals surface area contributed by atoms with Crippen LogP contribution < -0.4 is 5.32 Å². The maximum Gasteiger partial charge on any atom is 0.416 e. The van der Waals surface area contributed by atoms with Crippen molar-refractivity contribution < 1.29 is 22.7 Å². The Bertz CT molecular complexity index is 441. The molecule has 112 valence electrons. The SMILES string of the molecule is COC(=O)C(CC(C)C)Nc1ccc(C(F)(F)F)cc1. The van der Waals surface area contributed by atoms with E-state index in [2.05, 4.69) is 10.1 Å². The lowest BCUT2D eigenvalue weighted by Crippen LogP contribution is -2.32. The number of carbonyl (C=O) groups is 1. The van der Waals surface area contributed by atoms with Crippen LogP contribution in [0, 0.1) is 5.92 Å². The largest absolute Gasteiger partial charge is 0.467 e. The van der Waals surface area contributed by atoms with E-state index in [1.165, 1.54) is 19.2 Å². The summed E-state index contributed by atoms with van der Waals surface area (Å²) in [5, 5.41) is 2.90. The van der Waals surface area contributed by atoms with Crippen LogP contribution in [0.2, 0.25) is 0 Å². The zero-order valence-corrected chi connectivity index (χ0v) is 11.6. The number of carbonyl (C=O) groups excluding carboxylic acids is 1. The molecular weight excluding hydrogens is 271 g/mol. The highest BCUT2D eigenvalue weighted by Gasteiger charge is 2.30. The number of nitrogens with one attached hydrogen (secondary N) is 1. The molecule has 1 atom stereocenters. The van der Waals surface area contributed by atoms with Gasteiger partial charge in [-0.3, -0.25) is 0 Å². The van der Waals surface area contributed by atoms with E-state index in [1.54, 1.807) is 0 Å². The van der Waals surface area contributed by atoms with Crippen LogP contribution in [0.4, 0.5) is 18.9 Å². The topological polar surface area (TPSA) is 38.3 Å². The van der Waals surface area contributed by atoms with Gasteiger partial charge in [-0.05, 0) is 36.6 Å². The number of rotatable bonds is 5. The van der Waals surface area contributed by atoms with Crippen molar-refractivity contribution in [1.29, 1.82) is 0 Å². The Morgan fingerprint density at radius 1 is 1.25 bits per heavy atom. The Balaban J connectivity index is 2.81. The second-order valence-electron chi connectivity index (χ2n) is 4.92. The van der Waals surface area contributed by atoms with Crippen LogP contribution in [0.5, 0.6) is 0 Å². The minimum Gasteiger partial charge on any atom is -0.467 e. The zero-order valence-electron chi connectivity index (χ0n) is 11.6. The van der Waals surface area contributed by atoms with Crippen molar-refractivity contribution >= 4 is 11.7 Å². The molecule has 0 fully saturated rings. The van der Waals surface area contributed by atoms with Crippen molar-refractivity contribution in [2.24, 2.45) is 5.92 Å². The van der Waals surface area contributed by atoms with Crippen molar-refractivity contribution in [3.8, 4) is 0 Å². The number of alkyl halides is 3. The summed E-state index contributed by atoms with van der Waals surface area (Å²) in [6.07, 6.45) is -3.83. The predicted molar refractivity (Wildman–Crippen MR) is 70.3 cm³/mol. The molecule has 0 heterocycles. The molecule has 0 bridgehead atoms. The third kappa shape index (κ3) is 4.75. The highest BCUT2D eigenvalue weighted by molar-refractivity contribution is 5.79. The van der Waals surface area contributed by atoms with E-state index in [-0.39, 0.29) is 5.92 Å². The molecule has 1 unspecified atom stereocenters. The Hall–Kier alpha value is -1.72. The summed E-state index contributed by atoms with van der Waals surface area (Å²) in [7, 11) is 1.28. The summed E-state index contributed by atoms with van der Waals surface area (Å²) < 4.78 is 42.0. The first-order chi connectivity index (χ1) is 9.24. The van der Waals surface area contributed by atoms with Crippen molar-refractivity contribution in [3.63, 3.8) is 0 Å². The van der Waals surface area contributed by atoms with Gasteiger partial charge in [0.05, 0.1) is 12.7 Å². The molecule has 1 rings (SSSR count). The van der Waals surface area contributed by atoms with Crippen LogP contribution in [0.25, 0.3) is 0 Å². The third-order valence-corrected chi connectivity index (χ3v) is 2.75. The normalized spacial score (nSPS) is 13.2. The molecule has 0 aliphatic heterocycles. The predicted octanol–water partition coefficient (Wildman–Crippen LogP) is 3.71. The Labute approximate surface area is 116 Å². The summed E-state index contributed by atoms with van der Waals surface area (Å²) in [6.45, 7) is 3.90. The molecule has 0 spiro atoms. The van der Waals surface area contributed by atoms with Crippen LogP contribution in [-0.4, -0.2) is 19.1 Å². The summed E-state index contributed by atoms with van der Waals surface area (Å²) in [4.78, 5) is 11.6. The van der Waals surface area contributed by atoms with Crippen molar-refractivity contribution in [3.05, 3.63) is 29.8 Å². The van der Waals surface area contributed by atoms with Crippen molar-refractivity contribution in [2.75, 3.05) is 12.4 Å². The number of hydrogen-bond donors (Lipinski definition) is 1. The van der Waals surface area contributed by atoms with Crippen LogP contribution in [-0.2, 0) is 15.7 Å². The van der Waals surface area contributed by atoms with Crippen molar-refractivity contribution in [2.45, 2.75) is 32.5 Å². The fourth-order valence-electron chi connectivity index (χ4n) is 1.78. The highest BCUT2D eigenvalue weighted by atomic mass is 19.4. The Kier molecular flexibility index (Phi) is 5.42. The lowest BCUT2D eigenvalue weighted by Gasteiger charge is -2.19. The smallest absolute Gasteiger partial charge is 0.416 e. The van der Waals surface area contributed by atoms with Gasteiger partial charge in [-0.15, -0.1) is 0 Å². The van der Waals surface area contributed by atoms with Gasteiger partial charge in [-0.1, -0.05) is 13.8 Å². The number of esters is 1. The molecule has 6 heteroatoms. The monoisotopic (exact) mass is 289 g/mol. The minimum absolute atomic E-state index is 0.251. The van der Waals surface area contributed by atoms with Crippen LogP contribution >= 0.6 is 0 Å². The molecule has 0 amide bonds. The Morgan fingerprint density at radius 2 is 1.80 bits per heavy atom.